The average Bonchev–Trinajstić information content (AvgIpc) is 2.83. The van der Waals surface area contributed by atoms with Crippen LogP contribution in [0, 0.1) is 10.1 Å². The van der Waals surface area contributed by atoms with Gasteiger partial charge in [-0.1, -0.05) is 0 Å². The summed E-state index contributed by atoms with van der Waals surface area (Å²) in [7, 11) is 0. The fourth-order valence-corrected chi connectivity index (χ4v) is 3.78. The van der Waals surface area contributed by atoms with Crippen LogP contribution in [0.3, 0.4) is 0 Å². The number of non-ortho nitro benzene ring substituents is 1. The first-order valence-electron chi connectivity index (χ1n) is 10.3. The van der Waals surface area contributed by atoms with Crippen molar-refractivity contribution in [3.63, 3.8) is 0 Å². The minimum atomic E-state index is -0.718. The Bertz CT molecular complexity index is 1150. The van der Waals surface area contributed by atoms with Crippen molar-refractivity contribution in [2.75, 3.05) is 23.1 Å². The van der Waals surface area contributed by atoms with Crippen LogP contribution in [0.25, 0.3) is 0 Å². The van der Waals surface area contributed by atoms with Crippen molar-refractivity contribution in [3.05, 3.63) is 63.7 Å². The number of hydrogen-bond acceptors (Lipinski definition) is 7. The SMILES string of the molecule is O=C1CCC(=O)N(c2ccc(C(=O)OCC(=O)N3CCCc4cc([N+](=O)[O-])ccc43)cc2)N1. The number of hydrazine groups is 1. The van der Waals surface area contributed by atoms with Gasteiger partial charge in [-0.2, -0.15) is 0 Å². The highest BCUT2D eigenvalue weighted by atomic mass is 16.6. The van der Waals surface area contributed by atoms with Gasteiger partial charge in [0.05, 0.1) is 16.2 Å². The van der Waals surface area contributed by atoms with Crippen molar-refractivity contribution in [1.82, 2.24) is 5.43 Å². The Hall–Kier alpha value is -4.28. The summed E-state index contributed by atoms with van der Waals surface area (Å²) in [4.78, 5) is 60.5. The minimum Gasteiger partial charge on any atom is -0.452 e. The van der Waals surface area contributed by atoms with Crippen LogP contribution in [0.1, 0.15) is 35.2 Å². The van der Waals surface area contributed by atoms with Gasteiger partial charge in [0, 0.05) is 37.2 Å². The first-order chi connectivity index (χ1) is 15.8. The second kappa shape index (κ2) is 9.07. The number of nitrogens with zero attached hydrogens (tertiary/aromatic N) is 3. The van der Waals surface area contributed by atoms with Crippen LogP contribution in [0.5, 0.6) is 0 Å². The van der Waals surface area contributed by atoms with Crippen LogP contribution in [0.15, 0.2) is 42.5 Å². The molecule has 0 spiro atoms. The van der Waals surface area contributed by atoms with Crippen LogP contribution in [-0.2, 0) is 25.5 Å². The second-order valence-corrected chi connectivity index (χ2v) is 7.61. The number of ether oxygens (including phenoxy) is 1. The van der Waals surface area contributed by atoms with Gasteiger partial charge in [0.25, 0.3) is 11.6 Å². The zero-order valence-electron chi connectivity index (χ0n) is 17.5. The van der Waals surface area contributed by atoms with Gasteiger partial charge in [-0.25, -0.2) is 9.80 Å². The monoisotopic (exact) mass is 452 g/mol. The molecule has 1 N–H and O–H groups in total. The predicted octanol–water partition coefficient (Wildman–Crippen LogP) is 1.89. The fourth-order valence-electron chi connectivity index (χ4n) is 3.78. The summed E-state index contributed by atoms with van der Waals surface area (Å²) >= 11 is 0. The number of fused-ring (bicyclic) bond motifs is 1. The number of nitro benzene ring substituents is 1. The van der Waals surface area contributed by atoms with Gasteiger partial charge >= 0.3 is 5.97 Å². The van der Waals surface area contributed by atoms with Crippen molar-refractivity contribution in [2.24, 2.45) is 0 Å². The third kappa shape index (κ3) is 4.66. The Morgan fingerprint density at radius 2 is 1.82 bits per heavy atom. The third-order valence-electron chi connectivity index (χ3n) is 5.43. The number of anilines is 2. The van der Waals surface area contributed by atoms with Gasteiger partial charge in [0.1, 0.15) is 0 Å². The van der Waals surface area contributed by atoms with Gasteiger partial charge < -0.3 is 9.64 Å². The summed E-state index contributed by atoms with van der Waals surface area (Å²) in [5.74, 6) is -1.69. The molecular formula is C22H20N4O7. The van der Waals surface area contributed by atoms with E-state index in [1.54, 1.807) is 0 Å². The van der Waals surface area contributed by atoms with Crippen molar-refractivity contribution >= 4 is 40.8 Å². The lowest BCUT2D eigenvalue weighted by atomic mass is 10.0. The molecule has 11 heteroatoms. The maximum atomic E-state index is 12.7. The molecule has 33 heavy (non-hydrogen) atoms. The summed E-state index contributed by atoms with van der Waals surface area (Å²) < 4.78 is 5.15. The number of nitro groups is 1. The van der Waals surface area contributed by atoms with Gasteiger partial charge in [-0.05, 0) is 48.7 Å². The number of aryl methyl sites for hydroxylation is 1. The number of hydrogen-bond donors (Lipinski definition) is 1. The van der Waals surface area contributed by atoms with E-state index in [9.17, 15) is 29.3 Å². The molecule has 2 aromatic rings. The molecule has 3 amide bonds. The average molecular weight is 452 g/mol. The molecule has 0 aliphatic carbocycles. The Morgan fingerprint density at radius 3 is 2.55 bits per heavy atom. The van der Waals surface area contributed by atoms with Crippen molar-refractivity contribution in [2.45, 2.75) is 25.7 Å². The number of amides is 3. The number of nitrogens with one attached hydrogen (secondary N) is 1. The summed E-state index contributed by atoms with van der Waals surface area (Å²) in [5, 5.41) is 12.1. The molecule has 4 rings (SSSR count). The Morgan fingerprint density at radius 1 is 1.06 bits per heavy atom. The maximum absolute atomic E-state index is 12.7. The van der Waals surface area contributed by atoms with Crippen LogP contribution >= 0.6 is 0 Å². The van der Waals surface area contributed by atoms with Crippen LogP contribution < -0.4 is 15.3 Å². The molecule has 2 heterocycles. The number of benzene rings is 2. The lowest BCUT2D eigenvalue weighted by Gasteiger charge is -2.29. The molecule has 170 valence electrons. The summed E-state index contributed by atoms with van der Waals surface area (Å²) in [6.45, 7) is -0.0663. The first kappa shape index (κ1) is 21.9. The van der Waals surface area contributed by atoms with Crippen LogP contribution in [0.4, 0.5) is 17.1 Å². The number of carbonyl (C=O) groups is 4. The Labute approximate surface area is 188 Å². The molecule has 2 aliphatic heterocycles. The molecule has 0 radical (unpaired) electrons. The summed E-state index contributed by atoms with van der Waals surface area (Å²) in [5.41, 5.74) is 4.28. The Balaban J connectivity index is 1.38. The van der Waals surface area contributed by atoms with E-state index in [4.69, 9.17) is 4.74 Å². The van der Waals surface area contributed by atoms with Gasteiger partial charge in [0.2, 0.25) is 11.8 Å². The smallest absolute Gasteiger partial charge is 0.338 e. The van der Waals surface area contributed by atoms with Crippen LogP contribution in [0.2, 0.25) is 0 Å². The zero-order valence-corrected chi connectivity index (χ0v) is 17.5. The fraction of sp³-hybridized carbons (Fsp3) is 0.273. The van der Waals surface area contributed by atoms with Gasteiger partial charge in [-0.15, -0.1) is 0 Å². The van der Waals surface area contributed by atoms with E-state index >= 15 is 0 Å². The topological polar surface area (TPSA) is 139 Å². The maximum Gasteiger partial charge on any atom is 0.338 e. The highest BCUT2D eigenvalue weighted by molar-refractivity contribution is 6.02. The molecule has 2 aliphatic rings. The standard InChI is InChI=1S/C22H20N4O7/c27-19-9-10-20(28)25(23-19)16-5-3-14(4-6-16)22(30)33-13-21(29)24-11-1-2-15-12-17(26(31)32)7-8-18(15)24/h3-8,12H,1-2,9-11,13H2,(H,23,27). The number of rotatable bonds is 5. The highest BCUT2D eigenvalue weighted by Gasteiger charge is 2.26. The largest absolute Gasteiger partial charge is 0.452 e. The minimum absolute atomic E-state index is 0.0382. The number of carbonyl (C=O) groups excluding carboxylic acids is 4. The van der Waals surface area contributed by atoms with Crippen molar-refractivity contribution in [3.8, 4) is 0 Å². The van der Waals surface area contributed by atoms with E-state index in [2.05, 4.69) is 5.43 Å². The van der Waals surface area contributed by atoms with E-state index in [1.165, 1.54) is 47.4 Å². The van der Waals surface area contributed by atoms with E-state index in [-0.39, 0.29) is 35.9 Å². The van der Waals surface area contributed by atoms with E-state index in [0.717, 1.165) is 5.01 Å². The second-order valence-electron chi connectivity index (χ2n) is 7.61. The van der Waals surface area contributed by atoms with Crippen LogP contribution in [-0.4, -0.2) is 41.8 Å². The van der Waals surface area contributed by atoms with Crippen molar-refractivity contribution < 1.29 is 28.8 Å². The molecule has 2 aromatic carbocycles. The quantitative estimate of drug-likeness (QED) is 0.415. The molecule has 0 atom stereocenters. The van der Waals surface area contributed by atoms with E-state index < -0.39 is 23.4 Å². The lowest BCUT2D eigenvalue weighted by molar-refractivity contribution is -0.384. The molecule has 0 saturated carbocycles. The van der Waals surface area contributed by atoms with Gasteiger partial charge in [0.15, 0.2) is 6.61 Å². The molecular weight excluding hydrogens is 432 g/mol. The van der Waals surface area contributed by atoms with E-state index in [1.807, 2.05) is 0 Å². The normalized spacial score (nSPS) is 15.5. The van der Waals surface area contributed by atoms with E-state index in [0.29, 0.717) is 36.3 Å². The summed E-state index contributed by atoms with van der Waals surface area (Å²) in [6, 6.07) is 10.2. The zero-order chi connectivity index (χ0) is 23.5. The van der Waals surface area contributed by atoms with Crippen molar-refractivity contribution in [1.29, 1.82) is 0 Å². The predicted molar refractivity (Wildman–Crippen MR) is 115 cm³/mol. The molecule has 1 fully saturated rings. The molecule has 0 bridgehead atoms. The molecule has 0 aromatic heterocycles. The first-order valence-corrected chi connectivity index (χ1v) is 10.3. The molecule has 0 unspecified atom stereocenters. The highest BCUT2D eigenvalue weighted by Crippen LogP contribution is 2.30. The number of esters is 1. The van der Waals surface area contributed by atoms with Gasteiger partial charge in [-0.3, -0.25) is 29.9 Å². The third-order valence-corrected chi connectivity index (χ3v) is 5.43. The summed E-state index contributed by atoms with van der Waals surface area (Å²) in [6.07, 6.45) is 1.49. The Kier molecular flexibility index (Phi) is 6.03. The lowest BCUT2D eigenvalue weighted by Crippen LogP contribution is -2.50. The molecule has 1 saturated heterocycles. The molecule has 11 nitrogen and oxygen atoms in total.